The maximum Gasteiger partial charge on any atom is 0.284 e. The average Bonchev–Trinajstić information content (AvgIpc) is 3.09. The maximum atomic E-state index is 12.3. The van der Waals surface area contributed by atoms with Crippen LogP contribution in [-0.2, 0) is 6.54 Å². The number of hydrogen-bond donors (Lipinski definition) is 3. The SMILES string of the molecule is COc1ccc(CNC(=O)c2ccc3sc(C(=O)NO)cc3c2)cc1. The lowest BCUT2D eigenvalue weighted by Gasteiger charge is -2.06. The summed E-state index contributed by atoms with van der Waals surface area (Å²) in [7, 11) is 1.60. The zero-order valence-electron chi connectivity index (χ0n) is 13.4. The molecule has 0 bridgehead atoms. The predicted molar refractivity (Wildman–Crippen MR) is 95.2 cm³/mol. The quantitative estimate of drug-likeness (QED) is 0.484. The van der Waals surface area contributed by atoms with E-state index < -0.39 is 5.91 Å². The van der Waals surface area contributed by atoms with Crippen LogP contribution in [0.3, 0.4) is 0 Å². The number of carbonyl (C=O) groups excluding carboxylic acids is 2. The molecule has 3 rings (SSSR count). The number of hydrogen-bond acceptors (Lipinski definition) is 5. The van der Waals surface area contributed by atoms with Crippen molar-refractivity contribution in [3.63, 3.8) is 0 Å². The average molecular weight is 356 g/mol. The molecule has 0 radical (unpaired) electrons. The second-order valence-corrected chi connectivity index (χ2v) is 6.42. The molecule has 0 spiro atoms. The van der Waals surface area contributed by atoms with Crippen LogP contribution in [0.15, 0.2) is 48.5 Å². The van der Waals surface area contributed by atoms with E-state index in [1.54, 1.807) is 36.9 Å². The Bertz CT molecular complexity index is 918. The first kappa shape index (κ1) is 16.9. The third-order valence-corrected chi connectivity index (χ3v) is 4.83. The van der Waals surface area contributed by atoms with Crippen molar-refractivity contribution in [2.24, 2.45) is 0 Å². The molecule has 0 aliphatic heterocycles. The Morgan fingerprint density at radius 1 is 1.08 bits per heavy atom. The largest absolute Gasteiger partial charge is 0.497 e. The third kappa shape index (κ3) is 3.78. The minimum Gasteiger partial charge on any atom is -0.497 e. The predicted octanol–water partition coefficient (Wildman–Crippen LogP) is 2.96. The molecule has 0 aliphatic rings. The first-order chi connectivity index (χ1) is 12.1. The highest BCUT2D eigenvalue weighted by molar-refractivity contribution is 7.20. The number of methoxy groups -OCH3 is 1. The molecular formula is C18H16N2O4S. The van der Waals surface area contributed by atoms with Crippen LogP contribution in [0.1, 0.15) is 25.6 Å². The van der Waals surface area contributed by atoms with Gasteiger partial charge in [-0.2, -0.15) is 0 Å². The van der Waals surface area contributed by atoms with E-state index in [1.807, 2.05) is 24.3 Å². The van der Waals surface area contributed by atoms with Crippen LogP contribution in [0.2, 0.25) is 0 Å². The summed E-state index contributed by atoms with van der Waals surface area (Å²) in [5, 5.41) is 12.3. The number of benzene rings is 2. The summed E-state index contributed by atoms with van der Waals surface area (Å²) in [6.07, 6.45) is 0. The molecule has 3 N–H and O–H groups in total. The molecule has 7 heteroatoms. The van der Waals surface area contributed by atoms with Crippen LogP contribution < -0.4 is 15.5 Å². The third-order valence-electron chi connectivity index (χ3n) is 3.72. The molecule has 25 heavy (non-hydrogen) atoms. The topological polar surface area (TPSA) is 87.7 Å². The van der Waals surface area contributed by atoms with Gasteiger partial charge >= 0.3 is 0 Å². The van der Waals surface area contributed by atoms with Gasteiger partial charge < -0.3 is 10.1 Å². The Morgan fingerprint density at radius 3 is 2.52 bits per heavy atom. The van der Waals surface area contributed by atoms with Crippen molar-refractivity contribution in [1.82, 2.24) is 10.8 Å². The highest BCUT2D eigenvalue weighted by Crippen LogP contribution is 2.26. The van der Waals surface area contributed by atoms with E-state index in [-0.39, 0.29) is 5.91 Å². The minimum atomic E-state index is -0.563. The van der Waals surface area contributed by atoms with E-state index in [9.17, 15) is 9.59 Å². The lowest BCUT2D eigenvalue weighted by Crippen LogP contribution is -2.22. The Balaban J connectivity index is 1.71. The van der Waals surface area contributed by atoms with Crippen molar-refractivity contribution in [3.05, 3.63) is 64.5 Å². The molecule has 0 atom stereocenters. The zero-order chi connectivity index (χ0) is 17.8. The summed E-state index contributed by atoms with van der Waals surface area (Å²) in [5.74, 6) is 0.00416. The van der Waals surface area contributed by atoms with Gasteiger partial charge in [0.15, 0.2) is 0 Å². The fourth-order valence-corrected chi connectivity index (χ4v) is 3.31. The molecule has 0 unspecified atom stereocenters. The second kappa shape index (κ2) is 7.33. The smallest absolute Gasteiger partial charge is 0.284 e. The van der Waals surface area contributed by atoms with Crippen LogP contribution in [-0.4, -0.2) is 24.1 Å². The number of hydroxylamine groups is 1. The van der Waals surface area contributed by atoms with Gasteiger partial charge in [-0.1, -0.05) is 12.1 Å². The number of amides is 2. The van der Waals surface area contributed by atoms with Crippen molar-refractivity contribution in [2.75, 3.05) is 7.11 Å². The van der Waals surface area contributed by atoms with Gasteiger partial charge in [0.2, 0.25) is 0 Å². The Kier molecular flexibility index (Phi) is 4.97. The van der Waals surface area contributed by atoms with Crippen LogP contribution >= 0.6 is 11.3 Å². The monoisotopic (exact) mass is 356 g/mol. The van der Waals surface area contributed by atoms with Crippen LogP contribution in [0, 0.1) is 0 Å². The highest BCUT2D eigenvalue weighted by Gasteiger charge is 2.12. The van der Waals surface area contributed by atoms with Crippen molar-refractivity contribution in [2.45, 2.75) is 6.54 Å². The van der Waals surface area contributed by atoms with Crippen molar-refractivity contribution in [3.8, 4) is 5.75 Å². The Morgan fingerprint density at radius 2 is 1.84 bits per heavy atom. The second-order valence-electron chi connectivity index (χ2n) is 5.33. The van der Waals surface area contributed by atoms with E-state index >= 15 is 0 Å². The first-order valence-corrected chi connectivity index (χ1v) is 8.31. The zero-order valence-corrected chi connectivity index (χ0v) is 14.2. The molecule has 0 aliphatic carbocycles. The van der Waals surface area contributed by atoms with E-state index in [1.165, 1.54) is 11.3 Å². The molecular weight excluding hydrogens is 340 g/mol. The van der Waals surface area contributed by atoms with Gasteiger partial charge in [-0.3, -0.25) is 14.8 Å². The maximum absolute atomic E-state index is 12.3. The van der Waals surface area contributed by atoms with E-state index in [0.29, 0.717) is 17.0 Å². The number of rotatable bonds is 5. The molecule has 2 aromatic carbocycles. The van der Waals surface area contributed by atoms with Gasteiger partial charge in [0.1, 0.15) is 5.75 Å². The molecule has 0 fully saturated rings. The Labute approximate surface area is 148 Å². The molecule has 0 saturated heterocycles. The van der Waals surface area contributed by atoms with Gasteiger partial charge in [-0.25, -0.2) is 5.48 Å². The van der Waals surface area contributed by atoms with Crippen molar-refractivity contribution >= 4 is 33.2 Å². The fraction of sp³-hybridized carbons (Fsp3) is 0.111. The summed E-state index contributed by atoms with van der Waals surface area (Å²) in [5.41, 5.74) is 3.08. The van der Waals surface area contributed by atoms with Crippen molar-refractivity contribution in [1.29, 1.82) is 0 Å². The number of fused-ring (bicyclic) bond motifs is 1. The summed E-state index contributed by atoms with van der Waals surface area (Å²) >= 11 is 1.25. The molecule has 6 nitrogen and oxygen atoms in total. The van der Waals surface area contributed by atoms with Crippen LogP contribution in [0.25, 0.3) is 10.1 Å². The van der Waals surface area contributed by atoms with Crippen LogP contribution in [0.5, 0.6) is 5.75 Å². The lowest BCUT2D eigenvalue weighted by molar-refractivity contribution is 0.0711. The standard InChI is InChI=1S/C18H16N2O4S/c1-24-14-5-2-11(3-6-14)10-19-17(21)12-4-7-15-13(8-12)9-16(25-15)18(22)20-23/h2-9,23H,10H2,1H3,(H,19,21)(H,20,22). The van der Waals surface area contributed by atoms with Gasteiger partial charge in [0.05, 0.1) is 12.0 Å². The molecule has 1 aromatic heterocycles. The number of nitrogens with one attached hydrogen (secondary N) is 2. The van der Waals surface area contributed by atoms with Gasteiger partial charge in [-0.15, -0.1) is 11.3 Å². The molecule has 2 amide bonds. The normalized spacial score (nSPS) is 10.5. The highest BCUT2D eigenvalue weighted by atomic mass is 32.1. The van der Waals surface area contributed by atoms with Crippen molar-refractivity contribution < 1.29 is 19.5 Å². The number of ether oxygens (including phenoxy) is 1. The number of carbonyl (C=O) groups is 2. The summed E-state index contributed by atoms with van der Waals surface area (Å²) in [6, 6.07) is 14.3. The fourth-order valence-electron chi connectivity index (χ4n) is 2.38. The van der Waals surface area contributed by atoms with Gasteiger partial charge in [-0.05, 0) is 47.3 Å². The molecule has 0 saturated carbocycles. The van der Waals surface area contributed by atoms with E-state index in [4.69, 9.17) is 9.94 Å². The summed E-state index contributed by atoms with van der Waals surface area (Å²) in [6.45, 7) is 0.405. The Hall–Kier alpha value is -2.90. The van der Waals surface area contributed by atoms with E-state index in [0.717, 1.165) is 21.4 Å². The molecule has 3 aromatic rings. The first-order valence-electron chi connectivity index (χ1n) is 7.50. The van der Waals surface area contributed by atoms with Gasteiger partial charge in [0.25, 0.3) is 11.8 Å². The molecule has 1 heterocycles. The van der Waals surface area contributed by atoms with E-state index in [2.05, 4.69) is 5.32 Å². The lowest BCUT2D eigenvalue weighted by atomic mass is 10.1. The molecule has 128 valence electrons. The minimum absolute atomic E-state index is 0.197. The number of thiophene rings is 1. The summed E-state index contributed by atoms with van der Waals surface area (Å²) in [4.78, 5) is 24.2. The van der Waals surface area contributed by atoms with Gasteiger partial charge in [0, 0.05) is 16.8 Å². The van der Waals surface area contributed by atoms with Crippen LogP contribution in [0.4, 0.5) is 0 Å². The summed E-state index contributed by atoms with van der Waals surface area (Å²) < 4.78 is 5.97.